The van der Waals surface area contributed by atoms with Crippen molar-refractivity contribution in [3.05, 3.63) is 29.3 Å². The molecule has 0 bridgehead atoms. The van der Waals surface area contributed by atoms with E-state index in [1.54, 1.807) is 0 Å². The molecule has 2 nitrogen and oxygen atoms in total. The van der Waals surface area contributed by atoms with Crippen LogP contribution in [0.5, 0.6) is 5.75 Å². The Kier molecular flexibility index (Phi) is 3.48. The van der Waals surface area contributed by atoms with Crippen LogP contribution in [0.2, 0.25) is 0 Å². The van der Waals surface area contributed by atoms with E-state index in [1.165, 1.54) is 6.92 Å². The van der Waals surface area contributed by atoms with Gasteiger partial charge in [0.15, 0.2) is 5.78 Å². The fourth-order valence-electron chi connectivity index (χ4n) is 1.19. The topological polar surface area (TPSA) is 37.3 Å². The van der Waals surface area contributed by atoms with E-state index in [0.717, 1.165) is 12.1 Å². The van der Waals surface area contributed by atoms with Crippen molar-refractivity contribution in [3.8, 4) is 5.75 Å². The molecule has 88 valence electrons. The van der Waals surface area contributed by atoms with Crippen LogP contribution in [0.25, 0.3) is 0 Å². The fourth-order valence-corrected chi connectivity index (χ4v) is 1.30. The normalized spacial score (nSPS) is 13.6. The van der Waals surface area contributed by atoms with Crippen LogP contribution in [0.3, 0.4) is 0 Å². The number of para-hydroxylation sites is 1. The molecule has 0 aliphatic carbocycles. The maximum absolute atomic E-state index is 12.4. The molecule has 0 saturated heterocycles. The minimum atomic E-state index is -4.70. The molecule has 1 atom stereocenters. The van der Waals surface area contributed by atoms with Gasteiger partial charge in [0.1, 0.15) is 5.75 Å². The van der Waals surface area contributed by atoms with Crippen molar-refractivity contribution < 1.29 is 23.1 Å². The molecule has 0 radical (unpaired) electrons. The first kappa shape index (κ1) is 12.8. The smallest absolute Gasteiger partial charge is 0.419 e. The van der Waals surface area contributed by atoms with Gasteiger partial charge < -0.3 is 5.11 Å². The number of halogens is 4. The van der Waals surface area contributed by atoms with E-state index in [1.807, 2.05) is 0 Å². The molecule has 0 aliphatic rings. The van der Waals surface area contributed by atoms with Crippen molar-refractivity contribution in [2.24, 2.45) is 0 Å². The van der Waals surface area contributed by atoms with Crippen molar-refractivity contribution in [2.75, 3.05) is 0 Å². The van der Waals surface area contributed by atoms with Gasteiger partial charge in [-0.3, -0.25) is 4.79 Å². The van der Waals surface area contributed by atoms with Gasteiger partial charge in [-0.25, -0.2) is 0 Å². The number of hydrogen-bond donors (Lipinski definition) is 1. The standard InChI is InChI=1S/C10H8ClF3O2/c1-5(11)8(15)6-3-2-4-7(9(6)16)10(12,13)14/h2-5,16H,1H3. The van der Waals surface area contributed by atoms with Crippen molar-refractivity contribution in [3.63, 3.8) is 0 Å². The zero-order valence-corrected chi connectivity index (χ0v) is 8.93. The lowest BCUT2D eigenvalue weighted by Gasteiger charge is -2.12. The van der Waals surface area contributed by atoms with Gasteiger partial charge >= 0.3 is 6.18 Å². The highest BCUT2D eigenvalue weighted by Gasteiger charge is 2.35. The van der Waals surface area contributed by atoms with Crippen LogP contribution in [0, 0.1) is 0 Å². The summed E-state index contributed by atoms with van der Waals surface area (Å²) in [6.07, 6.45) is -4.70. The molecule has 16 heavy (non-hydrogen) atoms. The molecule has 0 saturated carbocycles. The Morgan fingerprint density at radius 3 is 2.44 bits per heavy atom. The lowest BCUT2D eigenvalue weighted by Crippen LogP contribution is -2.13. The van der Waals surface area contributed by atoms with Gasteiger partial charge in [-0.15, -0.1) is 11.6 Å². The van der Waals surface area contributed by atoms with Crippen LogP contribution in [0.15, 0.2) is 18.2 Å². The van der Waals surface area contributed by atoms with Crippen LogP contribution < -0.4 is 0 Å². The average Bonchev–Trinajstić information content (AvgIpc) is 2.15. The number of benzene rings is 1. The van der Waals surface area contributed by atoms with Crippen molar-refractivity contribution in [1.82, 2.24) is 0 Å². The molecule has 1 unspecified atom stereocenters. The van der Waals surface area contributed by atoms with Crippen molar-refractivity contribution in [2.45, 2.75) is 18.5 Å². The molecule has 0 spiro atoms. The number of hydrogen-bond acceptors (Lipinski definition) is 2. The summed E-state index contributed by atoms with van der Waals surface area (Å²) in [5.41, 5.74) is -1.66. The van der Waals surface area contributed by atoms with Gasteiger partial charge in [-0.05, 0) is 19.1 Å². The molecule has 1 aromatic rings. The van der Waals surface area contributed by atoms with Crippen molar-refractivity contribution >= 4 is 17.4 Å². The maximum atomic E-state index is 12.4. The van der Waals surface area contributed by atoms with Crippen LogP contribution in [0.4, 0.5) is 13.2 Å². The van der Waals surface area contributed by atoms with E-state index < -0.39 is 34.2 Å². The summed E-state index contributed by atoms with van der Waals surface area (Å²) in [7, 11) is 0. The minimum Gasteiger partial charge on any atom is -0.507 e. The first-order valence-corrected chi connectivity index (χ1v) is 4.76. The number of aromatic hydroxyl groups is 1. The molecule has 0 aromatic heterocycles. The summed E-state index contributed by atoms with van der Waals surface area (Å²) in [6.45, 7) is 1.32. The molecule has 1 N–H and O–H groups in total. The van der Waals surface area contributed by atoms with Crippen LogP contribution in [0.1, 0.15) is 22.8 Å². The highest BCUT2D eigenvalue weighted by molar-refractivity contribution is 6.33. The number of ketones is 1. The summed E-state index contributed by atoms with van der Waals surface area (Å²) in [5.74, 6) is -1.82. The van der Waals surface area contributed by atoms with Crippen LogP contribution in [-0.4, -0.2) is 16.3 Å². The molecule has 0 aliphatic heterocycles. The molecular weight excluding hydrogens is 245 g/mol. The first-order chi connectivity index (χ1) is 7.25. The second-order valence-electron chi connectivity index (χ2n) is 3.18. The third kappa shape index (κ3) is 2.47. The zero-order valence-electron chi connectivity index (χ0n) is 8.18. The molecule has 1 rings (SSSR count). The van der Waals surface area contributed by atoms with E-state index in [-0.39, 0.29) is 0 Å². The Bertz CT molecular complexity index is 413. The van der Waals surface area contributed by atoms with Gasteiger partial charge in [0.2, 0.25) is 0 Å². The van der Waals surface area contributed by atoms with Gasteiger partial charge in [0, 0.05) is 0 Å². The van der Waals surface area contributed by atoms with Gasteiger partial charge in [0.05, 0.1) is 16.5 Å². The third-order valence-corrected chi connectivity index (χ3v) is 2.17. The highest BCUT2D eigenvalue weighted by Crippen LogP contribution is 2.37. The van der Waals surface area contributed by atoms with E-state index >= 15 is 0 Å². The van der Waals surface area contributed by atoms with E-state index in [9.17, 15) is 23.1 Å². The Morgan fingerprint density at radius 1 is 1.44 bits per heavy atom. The molecular formula is C10H8ClF3O2. The number of alkyl halides is 4. The van der Waals surface area contributed by atoms with Crippen LogP contribution in [-0.2, 0) is 6.18 Å². The Hall–Kier alpha value is -1.23. The number of phenols is 1. The molecule has 0 heterocycles. The second kappa shape index (κ2) is 4.33. The predicted octanol–water partition coefficient (Wildman–Crippen LogP) is 3.22. The summed E-state index contributed by atoms with van der Waals surface area (Å²) in [4.78, 5) is 11.4. The number of carbonyl (C=O) groups excluding carboxylic acids is 1. The first-order valence-electron chi connectivity index (χ1n) is 4.32. The average molecular weight is 253 g/mol. The summed E-state index contributed by atoms with van der Waals surface area (Å²) in [5, 5.41) is 8.35. The third-order valence-electron chi connectivity index (χ3n) is 1.97. The van der Waals surface area contributed by atoms with Gasteiger partial charge in [0.25, 0.3) is 0 Å². The number of carbonyl (C=O) groups is 1. The SMILES string of the molecule is CC(Cl)C(=O)c1cccc(C(F)(F)F)c1O. The zero-order chi connectivity index (χ0) is 12.5. The monoisotopic (exact) mass is 252 g/mol. The van der Waals surface area contributed by atoms with Gasteiger partial charge in [-0.1, -0.05) is 6.07 Å². The molecule has 0 fully saturated rings. The lowest BCUT2D eigenvalue weighted by molar-refractivity contribution is -0.138. The summed E-state index contributed by atoms with van der Waals surface area (Å²) < 4.78 is 37.2. The Morgan fingerprint density at radius 2 is 2.00 bits per heavy atom. The maximum Gasteiger partial charge on any atom is 0.419 e. The molecule has 0 amide bonds. The van der Waals surface area contributed by atoms with E-state index in [0.29, 0.717) is 6.07 Å². The van der Waals surface area contributed by atoms with E-state index in [4.69, 9.17) is 11.6 Å². The fraction of sp³-hybridized carbons (Fsp3) is 0.300. The Labute approximate surface area is 94.6 Å². The number of rotatable bonds is 2. The van der Waals surface area contributed by atoms with E-state index in [2.05, 4.69) is 0 Å². The molecule has 6 heteroatoms. The largest absolute Gasteiger partial charge is 0.507 e. The summed E-state index contributed by atoms with van der Waals surface area (Å²) >= 11 is 5.46. The quantitative estimate of drug-likeness (QED) is 0.648. The lowest BCUT2D eigenvalue weighted by atomic mass is 10.0. The van der Waals surface area contributed by atoms with Crippen LogP contribution >= 0.6 is 11.6 Å². The summed E-state index contributed by atoms with van der Waals surface area (Å²) in [6, 6.07) is 2.85. The second-order valence-corrected chi connectivity index (χ2v) is 3.83. The predicted molar refractivity (Wildman–Crippen MR) is 52.8 cm³/mol. The highest BCUT2D eigenvalue weighted by atomic mass is 35.5. The van der Waals surface area contributed by atoms with Crippen molar-refractivity contribution in [1.29, 1.82) is 0 Å². The Balaban J connectivity index is 3.30. The molecule has 1 aromatic carbocycles. The minimum absolute atomic E-state index is 0.419. The number of phenolic OH excluding ortho intramolecular Hbond substituents is 1. The van der Waals surface area contributed by atoms with Gasteiger partial charge in [-0.2, -0.15) is 13.2 Å². The number of Topliss-reactive ketones (excluding diaryl/α,β-unsaturated/α-hetero) is 1.